The number of hydrogen-bond acceptors (Lipinski definition) is 5. The van der Waals surface area contributed by atoms with E-state index in [0.29, 0.717) is 36.1 Å². The Morgan fingerprint density at radius 3 is 2.76 bits per heavy atom. The zero-order valence-electron chi connectivity index (χ0n) is 18.7. The number of methoxy groups -OCH3 is 1. The van der Waals surface area contributed by atoms with Gasteiger partial charge in [0, 0.05) is 11.6 Å². The van der Waals surface area contributed by atoms with E-state index >= 15 is 0 Å². The number of aryl methyl sites for hydroxylation is 1. The Balaban J connectivity index is 1.34. The van der Waals surface area contributed by atoms with Crippen LogP contribution in [-0.2, 0) is 21.9 Å². The summed E-state index contributed by atoms with van der Waals surface area (Å²) in [5.74, 6) is 2.09. The van der Waals surface area contributed by atoms with E-state index in [0.717, 1.165) is 31.4 Å². The van der Waals surface area contributed by atoms with Crippen LogP contribution in [0, 0.1) is 5.92 Å². The first-order valence-electron chi connectivity index (χ1n) is 11.2. The van der Waals surface area contributed by atoms with Gasteiger partial charge in [-0.15, -0.1) is 0 Å². The van der Waals surface area contributed by atoms with E-state index in [9.17, 15) is 4.57 Å². The van der Waals surface area contributed by atoms with E-state index in [2.05, 4.69) is 18.2 Å². The minimum atomic E-state index is -4.51. The summed E-state index contributed by atoms with van der Waals surface area (Å²) in [4.78, 5) is 18.0. The van der Waals surface area contributed by atoms with E-state index in [1.165, 1.54) is 16.7 Å². The van der Waals surface area contributed by atoms with Crippen molar-refractivity contribution in [1.29, 1.82) is 0 Å². The third kappa shape index (κ3) is 6.30. The van der Waals surface area contributed by atoms with Gasteiger partial charge in [-0.05, 0) is 79.2 Å². The molecule has 0 radical (unpaired) electrons. The number of phosphoric acid groups is 1. The average Bonchev–Trinajstić information content (AvgIpc) is 3.19. The van der Waals surface area contributed by atoms with Crippen LogP contribution in [0.2, 0.25) is 5.02 Å². The fourth-order valence-corrected chi connectivity index (χ4v) is 5.60. The van der Waals surface area contributed by atoms with Crippen LogP contribution in [-0.4, -0.2) is 35.6 Å². The molecular weight excluding hydrogens is 465 g/mol. The fourth-order valence-electron chi connectivity index (χ4n) is 4.98. The highest BCUT2D eigenvalue weighted by atomic mass is 35.5. The van der Waals surface area contributed by atoms with E-state index in [4.69, 9.17) is 41.1 Å². The molecule has 2 aromatic rings. The Labute approximate surface area is 199 Å². The zero-order valence-corrected chi connectivity index (χ0v) is 20.4. The van der Waals surface area contributed by atoms with E-state index in [1.807, 2.05) is 12.1 Å². The molecule has 0 amide bonds. The minimum absolute atomic E-state index is 0.125. The van der Waals surface area contributed by atoms with Gasteiger partial charge in [-0.2, -0.15) is 0 Å². The highest BCUT2D eigenvalue weighted by Crippen LogP contribution is 2.44. The van der Waals surface area contributed by atoms with Gasteiger partial charge in [-0.25, -0.2) is 4.57 Å². The van der Waals surface area contributed by atoms with Crippen LogP contribution in [0.4, 0.5) is 0 Å². The molecule has 0 saturated heterocycles. The molecule has 0 unspecified atom stereocenters. The van der Waals surface area contributed by atoms with Gasteiger partial charge in [0.15, 0.2) is 0 Å². The van der Waals surface area contributed by atoms with Gasteiger partial charge in [-0.3, -0.25) is 4.52 Å². The SMILES string of the molecule is COc1cc(OC[C@@H]2CCc3cc([C@H]4CC[C@](N)(COP(=O)(O)O)C4)ccc3C2)ccc1Cl. The molecule has 2 aliphatic carbocycles. The molecule has 0 aliphatic heterocycles. The average molecular weight is 496 g/mol. The maximum absolute atomic E-state index is 11.0. The summed E-state index contributed by atoms with van der Waals surface area (Å²) >= 11 is 6.09. The number of hydrogen-bond donors (Lipinski definition) is 3. The predicted molar refractivity (Wildman–Crippen MR) is 127 cm³/mol. The second-order valence-corrected chi connectivity index (χ2v) is 11.0. The fraction of sp³-hybridized carbons (Fsp3) is 0.500. The number of nitrogens with two attached hydrogens (primary N) is 1. The lowest BCUT2D eigenvalue weighted by atomic mass is 9.82. The summed E-state index contributed by atoms with van der Waals surface area (Å²) < 4.78 is 27.0. The molecule has 7 nitrogen and oxygen atoms in total. The predicted octanol–water partition coefficient (Wildman–Crippen LogP) is 4.61. The van der Waals surface area contributed by atoms with Crippen LogP contribution in [0.15, 0.2) is 36.4 Å². The topological polar surface area (TPSA) is 111 Å². The summed E-state index contributed by atoms with van der Waals surface area (Å²) in [6, 6.07) is 12.1. The molecule has 0 heterocycles. The third-order valence-electron chi connectivity index (χ3n) is 6.80. The Morgan fingerprint density at radius 1 is 1.18 bits per heavy atom. The van der Waals surface area contributed by atoms with Crippen molar-refractivity contribution in [2.75, 3.05) is 20.3 Å². The second-order valence-electron chi connectivity index (χ2n) is 9.31. The molecule has 0 aromatic heterocycles. The molecule has 3 atom stereocenters. The summed E-state index contributed by atoms with van der Waals surface area (Å²) in [6.07, 6.45) is 5.27. The minimum Gasteiger partial charge on any atom is -0.495 e. The third-order valence-corrected chi connectivity index (χ3v) is 7.58. The molecule has 9 heteroatoms. The Hall–Kier alpha value is -1.60. The smallest absolute Gasteiger partial charge is 0.469 e. The summed E-state index contributed by atoms with van der Waals surface area (Å²) in [5.41, 5.74) is 9.64. The van der Waals surface area contributed by atoms with Crippen molar-refractivity contribution >= 4 is 19.4 Å². The van der Waals surface area contributed by atoms with Gasteiger partial charge >= 0.3 is 7.82 Å². The summed E-state index contributed by atoms with van der Waals surface area (Å²) in [5, 5.41) is 0.565. The maximum atomic E-state index is 11.0. The van der Waals surface area contributed by atoms with Crippen molar-refractivity contribution in [3.63, 3.8) is 0 Å². The van der Waals surface area contributed by atoms with Crippen molar-refractivity contribution < 1.29 is 28.3 Å². The molecule has 4 N–H and O–H groups in total. The first-order valence-corrected chi connectivity index (χ1v) is 13.1. The van der Waals surface area contributed by atoms with Crippen molar-refractivity contribution in [2.24, 2.45) is 11.7 Å². The van der Waals surface area contributed by atoms with Gasteiger partial charge in [0.1, 0.15) is 11.5 Å². The van der Waals surface area contributed by atoms with Crippen LogP contribution < -0.4 is 15.2 Å². The van der Waals surface area contributed by atoms with Crippen LogP contribution in [0.5, 0.6) is 11.5 Å². The Kier molecular flexibility index (Phi) is 7.39. The standard InChI is InChI=1S/C24H31ClNO6P/c1-30-23-12-21(6-7-22(23)25)31-14-16-2-3-18-11-19(5-4-17(18)10-16)20-8-9-24(26,13-20)15-32-33(27,28)29/h4-7,11-12,16,20H,2-3,8-10,13-15,26H2,1H3,(H2,27,28,29)/t16-,20+,24-/m1/s1. The molecule has 2 aromatic carbocycles. The quantitative estimate of drug-likeness (QED) is 0.459. The molecule has 180 valence electrons. The second kappa shape index (κ2) is 9.95. The molecule has 0 spiro atoms. The van der Waals surface area contributed by atoms with Crippen LogP contribution in [0.25, 0.3) is 0 Å². The lowest BCUT2D eigenvalue weighted by molar-refractivity contribution is 0.153. The van der Waals surface area contributed by atoms with Crippen molar-refractivity contribution in [3.05, 3.63) is 58.1 Å². The van der Waals surface area contributed by atoms with Gasteiger partial charge in [-0.1, -0.05) is 29.8 Å². The molecule has 1 fully saturated rings. The first kappa shape index (κ1) is 24.5. The lowest BCUT2D eigenvalue weighted by Crippen LogP contribution is -2.41. The van der Waals surface area contributed by atoms with Crippen LogP contribution in [0.1, 0.15) is 48.3 Å². The lowest BCUT2D eigenvalue weighted by Gasteiger charge is -2.27. The van der Waals surface area contributed by atoms with Crippen molar-refractivity contribution in [3.8, 4) is 11.5 Å². The number of ether oxygens (including phenoxy) is 2. The maximum Gasteiger partial charge on any atom is 0.469 e. The number of rotatable bonds is 8. The van der Waals surface area contributed by atoms with Crippen molar-refractivity contribution in [2.45, 2.75) is 50.0 Å². The zero-order chi connectivity index (χ0) is 23.6. The van der Waals surface area contributed by atoms with Crippen molar-refractivity contribution in [1.82, 2.24) is 0 Å². The monoisotopic (exact) mass is 495 g/mol. The van der Waals surface area contributed by atoms with Gasteiger partial charge < -0.3 is 25.0 Å². The number of halogens is 1. The number of benzene rings is 2. The van der Waals surface area contributed by atoms with E-state index in [1.54, 1.807) is 13.2 Å². The van der Waals surface area contributed by atoms with E-state index in [-0.39, 0.29) is 12.5 Å². The highest BCUT2D eigenvalue weighted by molar-refractivity contribution is 7.46. The molecule has 33 heavy (non-hydrogen) atoms. The van der Waals surface area contributed by atoms with E-state index < -0.39 is 13.4 Å². The molecular formula is C24H31ClNO6P. The summed E-state index contributed by atoms with van der Waals surface area (Å²) in [6.45, 7) is 0.518. The Bertz CT molecular complexity index is 1040. The van der Waals surface area contributed by atoms with Gasteiger partial charge in [0.05, 0.1) is 25.3 Å². The molecule has 2 aliphatic rings. The number of phosphoric ester groups is 1. The Morgan fingerprint density at radius 2 is 2.00 bits per heavy atom. The van der Waals surface area contributed by atoms with Crippen LogP contribution in [0.3, 0.4) is 0 Å². The van der Waals surface area contributed by atoms with Gasteiger partial charge in [0.2, 0.25) is 0 Å². The normalized spacial score (nSPS) is 25.0. The van der Waals surface area contributed by atoms with Crippen LogP contribution >= 0.6 is 19.4 Å². The molecule has 0 bridgehead atoms. The highest BCUT2D eigenvalue weighted by Gasteiger charge is 2.38. The summed E-state index contributed by atoms with van der Waals surface area (Å²) in [7, 11) is -2.92. The molecule has 1 saturated carbocycles. The largest absolute Gasteiger partial charge is 0.495 e. The van der Waals surface area contributed by atoms with Gasteiger partial charge in [0.25, 0.3) is 0 Å². The number of fused-ring (bicyclic) bond motifs is 1. The first-order chi connectivity index (χ1) is 15.6. The molecule has 4 rings (SSSR count).